The van der Waals surface area contributed by atoms with Crippen LogP contribution < -0.4 is 5.32 Å². The first-order valence-electron chi connectivity index (χ1n) is 7.36. The Morgan fingerprint density at radius 2 is 2.05 bits per heavy atom. The van der Waals surface area contributed by atoms with Crippen molar-refractivity contribution in [3.05, 3.63) is 51.9 Å². The highest BCUT2D eigenvalue weighted by Gasteiger charge is 2.36. The molecule has 0 bridgehead atoms. The molecule has 1 N–H and O–H groups in total. The van der Waals surface area contributed by atoms with Crippen LogP contribution in [0, 0.1) is 5.92 Å². The molecule has 1 amide bonds. The van der Waals surface area contributed by atoms with Gasteiger partial charge in [0, 0.05) is 24.4 Å². The van der Waals surface area contributed by atoms with Crippen molar-refractivity contribution in [3.8, 4) is 0 Å². The minimum atomic E-state index is -0.0730. The number of furan rings is 1. The molecule has 2 aromatic rings. The van der Waals surface area contributed by atoms with E-state index >= 15 is 0 Å². The minimum Gasteiger partial charge on any atom is -0.466 e. The van der Waals surface area contributed by atoms with Gasteiger partial charge in [-0.15, -0.1) is 0 Å². The van der Waals surface area contributed by atoms with Crippen LogP contribution in [0.1, 0.15) is 37.2 Å². The number of anilines is 1. The van der Waals surface area contributed by atoms with Gasteiger partial charge in [-0.2, -0.15) is 0 Å². The summed E-state index contributed by atoms with van der Waals surface area (Å²) in [6.45, 7) is 2.22. The van der Waals surface area contributed by atoms with Crippen LogP contribution >= 0.6 is 23.2 Å². The van der Waals surface area contributed by atoms with Crippen LogP contribution in [-0.2, 0) is 11.2 Å². The van der Waals surface area contributed by atoms with Gasteiger partial charge in [0.05, 0.1) is 10.0 Å². The number of aryl methyl sites for hydroxylation is 1. The van der Waals surface area contributed by atoms with Crippen LogP contribution in [0.2, 0.25) is 10.0 Å². The summed E-state index contributed by atoms with van der Waals surface area (Å²) >= 11 is 11.8. The van der Waals surface area contributed by atoms with Gasteiger partial charge in [-0.05, 0) is 42.7 Å². The highest BCUT2D eigenvalue weighted by Crippen LogP contribution is 2.47. The Kier molecular flexibility index (Phi) is 4.46. The van der Waals surface area contributed by atoms with Crippen LogP contribution in [0.25, 0.3) is 0 Å². The lowest BCUT2D eigenvalue weighted by Gasteiger charge is -2.05. The molecule has 116 valence electrons. The van der Waals surface area contributed by atoms with Crippen LogP contribution in [0.3, 0.4) is 0 Å². The van der Waals surface area contributed by atoms with Gasteiger partial charge >= 0.3 is 0 Å². The predicted molar refractivity (Wildman–Crippen MR) is 88.6 cm³/mol. The number of carbonyl (C=O) groups is 1. The van der Waals surface area contributed by atoms with Crippen molar-refractivity contribution < 1.29 is 9.21 Å². The van der Waals surface area contributed by atoms with Crippen molar-refractivity contribution in [2.24, 2.45) is 5.92 Å². The summed E-state index contributed by atoms with van der Waals surface area (Å²) in [6.07, 6.45) is 2.16. The molecule has 1 saturated carbocycles. The fourth-order valence-corrected chi connectivity index (χ4v) is 2.78. The molecular weight excluding hydrogens is 321 g/mol. The molecule has 2 atom stereocenters. The van der Waals surface area contributed by atoms with Crippen molar-refractivity contribution in [3.63, 3.8) is 0 Å². The number of nitrogens with one attached hydrogen (secondary N) is 1. The first kappa shape index (κ1) is 15.4. The molecule has 3 nitrogen and oxygen atoms in total. The van der Waals surface area contributed by atoms with Gasteiger partial charge in [0.1, 0.15) is 11.5 Å². The number of hydrogen-bond donors (Lipinski definition) is 1. The molecule has 3 rings (SSSR count). The van der Waals surface area contributed by atoms with E-state index in [4.69, 9.17) is 27.6 Å². The number of benzene rings is 1. The number of hydrogen-bond acceptors (Lipinski definition) is 2. The second kappa shape index (κ2) is 6.35. The van der Waals surface area contributed by atoms with Crippen molar-refractivity contribution in [2.75, 3.05) is 5.32 Å². The van der Waals surface area contributed by atoms with Gasteiger partial charge in [-0.3, -0.25) is 4.79 Å². The quantitative estimate of drug-likeness (QED) is 0.806. The first-order valence-corrected chi connectivity index (χ1v) is 8.12. The number of rotatable bonds is 5. The van der Waals surface area contributed by atoms with Crippen LogP contribution in [-0.4, -0.2) is 5.91 Å². The average Bonchev–Trinajstić information content (AvgIpc) is 3.02. The maximum Gasteiger partial charge on any atom is 0.224 e. The second-order valence-corrected chi connectivity index (χ2v) is 6.62. The normalized spacial score (nSPS) is 20.0. The molecule has 1 aliphatic carbocycles. The molecule has 0 saturated heterocycles. The van der Waals surface area contributed by atoms with Gasteiger partial charge in [-0.1, -0.05) is 30.1 Å². The topological polar surface area (TPSA) is 42.2 Å². The van der Waals surface area contributed by atoms with Crippen molar-refractivity contribution in [2.45, 2.75) is 32.1 Å². The summed E-state index contributed by atoms with van der Waals surface area (Å²) in [6, 6.07) is 9.02. The van der Waals surface area contributed by atoms with E-state index in [2.05, 4.69) is 12.2 Å². The summed E-state index contributed by atoms with van der Waals surface area (Å²) in [7, 11) is 0. The highest BCUT2D eigenvalue weighted by atomic mass is 35.5. The van der Waals surface area contributed by atoms with E-state index in [0.29, 0.717) is 34.5 Å². The standard InChI is InChI=1S/C17H17Cl2NO2/c1-10-8-13(10)16-6-3-12(22-16)4-7-17(21)20-11-2-5-14(18)15(19)9-11/h2-3,5-6,9-10,13H,4,7-8H2,1H3,(H,20,21). The van der Waals surface area contributed by atoms with E-state index in [1.54, 1.807) is 18.2 Å². The van der Waals surface area contributed by atoms with Crippen LogP contribution in [0.5, 0.6) is 0 Å². The average molecular weight is 338 g/mol. The first-order chi connectivity index (χ1) is 10.5. The molecule has 1 heterocycles. The van der Waals surface area contributed by atoms with Crippen LogP contribution in [0.15, 0.2) is 34.7 Å². The zero-order chi connectivity index (χ0) is 15.7. The fraction of sp³-hybridized carbons (Fsp3) is 0.353. The summed E-state index contributed by atoms with van der Waals surface area (Å²) in [5.74, 6) is 3.12. The predicted octanol–water partition coefficient (Wildman–Crippen LogP) is 5.28. The van der Waals surface area contributed by atoms with Crippen LogP contribution in [0.4, 0.5) is 5.69 Å². The van der Waals surface area contributed by atoms with E-state index in [1.807, 2.05) is 12.1 Å². The van der Waals surface area contributed by atoms with E-state index in [9.17, 15) is 4.79 Å². The fourth-order valence-electron chi connectivity index (χ4n) is 2.48. The Labute approximate surface area is 139 Å². The molecule has 1 aliphatic rings. The zero-order valence-electron chi connectivity index (χ0n) is 12.2. The third-order valence-corrected chi connectivity index (χ3v) is 4.70. The lowest BCUT2D eigenvalue weighted by Crippen LogP contribution is -2.12. The molecule has 22 heavy (non-hydrogen) atoms. The molecule has 0 spiro atoms. The summed E-state index contributed by atoms with van der Waals surface area (Å²) in [5.41, 5.74) is 0.645. The summed E-state index contributed by atoms with van der Waals surface area (Å²) in [4.78, 5) is 12.0. The van der Waals surface area contributed by atoms with E-state index < -0.39 is 0 Å². The number of carbonyl (C=O) groups excluding carboxylic acids is 1. The summed E-state index contributed by atoms with van der Waals surface area (Å²) in [5, 5.41) is 3.70. The highest BCUT2D eigenvalue weighted by molar-refractivity contribution is 6.42. The van der Waals surface area contributed by atoms with E-state index in [0.717, 1.165) is 17.4 Å². The van der Waals surface area contributed by atoms with Gasteiger partial charge < -0.3 is 9.73 Å². The SMILES string of the molecule is CC1CC1c1ccc(CCC(=O)Nc2ccc(Cl)c(Cl)c2)o1. The number of amides is 1. The third kappa shape index (κ3) is 3.65. The molecule has 0 aliphatic heterocycles. The Bertz CT molecular complexity index is 696. The maximum atomic E-state index is 12.0. The monoisotopic (exact) mass is 337 g/mol. The van der Waals surface area contributed by atoms with Crippen molar-refractivity contribution >= 4 is 34.8 Å². The van der Waals surface area contributed by atoms with Crippen molar-refractivity contribution in [1.29, 1.82) is 0 Å². The summed E-state index contributed by atoms with van der Waals surface area (Å²) < 4.78 is 5.79. The van der Waals surface area contributed by atoms with Gasteiger partial charge in [0.15, 0.2) is 0 Å². The molecule has 5 heteroatoms. The Morgan fingerprint density at radius 3 is 2.73 bits per heavy atom. The molecule has 2 unspecified atom stereocenters. The molecule has 1 fully saturated rings. The Balaban J connectivity index is 1.51. The molecule has 0 radical (unpaired) electrons. The van der Waals surface area contributed by atoms with Gasteiger partial charge in [0.25, 0.3) is 0 Å². The van der Waals surface area contributed by atoms with Gasteiger partial charge in [0.2, 0.25) is 5.91 Å². The smallest absolute Gasteiger partial charge is 0.224 e. The Hall–Kier alpha value is -1.45. The lowest BCUT2D eigenvalue weighted by atomic mass is 10.2. The maximum absolute atomic E-state index is 12.0. The third-order valence-electron chi connectivity index (χ3n) is 3.96. The van der Waals surface area contributed by atoms with Crippen molar-refractivity contribution in [1.82, 2.24) is 0 Å². The Morgan fingerprint density at radius 1 is 1.27 bits per heavy atom. The molecule has 1 aromatic carbocycles. The second-order valence-electron chi connectivity index (χ2n) is 5.80. The number of halogens is 2. The van der Waals surface area contributed by atoms with Gasteiger partial charge in [-0.25, -0.2) is 0 Å². The largest absolute Gasteiger partial charge is 0.466 e. The van der Waals surface area contributed by atoms with E-state index in [1.165, 1.54) is 6.42 Å². The molecule has 1 aromatic heterocycles. The lowest BCUT2D eigenvalue weighted by molar-refractivity contribution is -0.116. The molecular formula is C17H17Cl2NO2. The minimum absolute atomic E-state index is 0.0730. The van der Waals surface area contributed by atoms with E-state index in [-0.39, 0.29) is 5.91 Å². The zero-order valence-corrected chi connectivity index (χ0v) is 13.7.